The zero-order valence-corrected chi connectivity index (χ0v) is 11.3. The molecular formula is C14H10BrFN2. The number of rotatable bonds is 1. The van der Waals surface area contributed by atoms with Crippen LogP contribution in [0.3, 0.4) is 0 Å². The Morgan fingerprint density at radius 2 is 1.89 bits per heavy atom. The van der Waals surface area contributed by atoms with Crippen molar-refractivity contribution in [2.24, 2.45) is 0 Å². The fourth-order valence-electron chi connectivity index (χ4n) is 2.03. The topological polar surface area (TPSA) is 17.3 Å². The largest absolute Gasteiger partial charge is 0.303 e. The van der Waals surface area contributed by atoms with Crippen LogP contribution in [0.5, 0.6) is 0 Å². The molecule has 0 saturated carbocycles. The third-order valence-corrected chi connectivity index (χ3v) is 3.58. The number of pyridine rings is 1. The second-order valence-corrected chi connectivity index (χ2v) is 4.96. The van der Waals surface area contributed by atoms with Crippen molar-refractivity contribution in [2.45, 2.75) is 6.92 Å². The first-order valence-electron chi connectivity index (χ1n) is 5.56. The number of hydrogen-bond acceptors (Lipinski definition) is 1. The Bertz CT molecular complexity index is 716. The van der Waals surface area contributed by atoms with Crippen molar-refractivity contribution in [2.75, 3.05) is 0 Å². The van der Waals surface area contributed by atoms with E-state index in [1.165, 1.54) is 12.1 Å². The van der Waals surface area contributed by atoms with E-state index in [9.17, 15) is 4.39 Å². The monoisotopic (exact) mass is 304 g/mol. The minimum Gasteiger partial charge on any atom is -0.303 e. The summed E-state index contributed by atoms with van der Waals surface area (Å²) in [4.78, 5) is 4.61. The first-order valence-corrected chi connectivity index (χ1v) is 6.35. The van der Waals surface area contributed by atoms with Gasteiger partial charge < -0.3 is 4.40 Å². The van der Waals surface area contributed by atoms with E-state index >= 15 is 0 Å². The molecule has 0 aliphatic heterocycles. The first-order chi connectivity index (χ1) is 8.66. The molecular weight excluding hydrogens is 295 g/mol. The van der Waals surface area contributed by atoms with Gasteiger partial charge in [0.2, 0.25) is 0 Å². The predicted molar refractivity (Wildman–Crippen MR) is 73.0 cm³/mol. The van der Waals surface area contributed by atoms with Crippen molar-refractivity contribution in [1.82, 2.24) is 9.38 Å². The van der Waals surface area contributed by atoms with Crippen LogP contribution in [0.25, 0.3) is 16.9 Å². The number of nitrogens with zero attached hydrogens (tertiary/aromatic N) is 2. The van der Waals surface area contributed by atoms with E-state index in [0.717, 1.165) is 27.1 Å². The standard InChI is InChI=1S/C14H10BrFN2/c1-9-13(10-4-6-11(16)7-5-10)17-14-12(15)3-2-8-18(9)14/h2-8H,1H3. The molecule has 4 heteroatoms. The van der Waals surface area contributed by atoms with Gasteiger partial charge in [0.1, 0.15) is 5.82 Å². The summed E-state index contributed by atoms with van der Waals surface area (Å²) in [6.45, 7) is 2.01. The molecule has 1 aromatic carbocycles. The Kier molecular flexibility index (Phi) is 2.67. The zero-order valence-electron chi connectivity index (χ0n) is 9.69. The molecule has 90 valence electrons. The van der Waals surface area contributed by atoms with E-state index in [1.54, 1.807) is 12.1 Å². The van der Waals surface area contributed by atoms with Crippen molar-refractivity contribution in [3.8, 4) is 11.3 Å². The molecule has 0 fully saturated rings. The normalized spacial score (nSPS) is 11.1. The molecule has 2 nitrogen and oxygen atoms in total. The average molecular weight is 305 g/mol. The third-order valence-electron chi connectivity index (χ3n) is 2.96. The summed E-state index contributed by atoms with van der Waals surface area (Å²) in [5.74, 6) is -0.235. The van der Waals surface area contributed by atoms with Gasteiger partial charge in [0.05, 0.1) is 10.2 Å². The molecule has 3 rings (SSSR count). The molecule has 0 radical (unpaired) electrons. The van der Waals surface area contributed by atoms with E-state index in [1.807, 2.05) is 29.7 Å². The van der Waals surface area contributed by atoms with E-state index in [4.69, 9.17) is 0 Å². The molecule has 0 saturated heterocycles. The highest BCUT2D eigenvalue weighted by Crippen LogP contribution is 2.27. The fraction of sp³-hybridized carbons (Fsp3) is 0.0714. The molecule has 3 aromatic rings. The summed E-state index contributed by atoms with van der Waals surface area (Å²) in [6, 6.07) is 10.3. The molecule has 0 N–H and O–H groups in total. The Balaban J connectivity index is 2.27. The smallest absolute Gasteiger partial charge is 0.152 e. The van der Waals surface area contributed by atoms with Gasteiger partial charge in [-0.2, -0.15) is 0 Å². The maximum absolute atomic E-state index is 12.9. The van der Waals surface area contributed by atoms with Gasteiger partial charge in [0.25, 0.3) is 0 Å². The SMILES string of the molecule is Cc1c(-c2ccc(F)cc2)nc2c(Br)cccn12. The van der Waals surface area contributed by atoms with Crippen LogP contribution in [0.2, 0.25) is 0 Å². The lowest BCUT2D eigenvalue weighted by Crippen LogP contribution is -1.87. The summed E-state index contributed by atoms with van der Waals surface area (Å²) in [5.41, 5.74) is 3.71. The van der Waals surface area contributed by atoms with Crippen molar-refractivity contribution in [3.63, 3.8) is 0 Å². The van der Waals surface area contributed by atoms with Gasteiger partial charge in [-0.15, -0.1) is 0 Å². The van der Waals surface area contributed by atoms with E-state index in [2.05, 4.69) is 20.9 Å². The number of imidazole rings is 1. The van der Waals surface area contributed by atoms with Crippen molar-refractivity contribution in [1.29, 1.82) is 0 Å². The molecule has 0 unspecified atom stereocenters. The van der Waals surface area contributed by atoms with Gasteiger partial charge in [-0.05, 0) is 59.3 Å². The minimum atomic E-state index is -0.235. The predicted octanol–water partition coefficient (Wildman–Crippen LogP) is 4.21. The summed E-state index contributed by atoms with van der Waals surface area (Å²) < 4.78 is 15.9. The van der Waals surface area contributed by atoms with E-state index in [-0.39, 0.29) is 5.82 Å². The number of hydrogen-bond donors (Lipinski definition) is 0. The second kappa shape index (κ2) is 4.21. The van der Waals surface area contributed by atoms with Crippen LogP contribution in [-0.2, 0) is 0 Å². The third kappa shape index (κ3) is 1.73. The summed E-state index contributed by atoms with van der Waals surface area (Å²) in [7, 11) is 0. The minimum absolute atomic E-state index is 0.235. The quantitative estimate of drug-likeness (QED) is 0.658. The summed E-state index contributed by atoms with van der Waals surface area (Å²) >= 11 is 3.49. The Morgan fingerprint density at radius 1 is 1.17 bits per heavy atom. The lowest BCUT2D eigenvalue weighted by molar-refractivity contribution is 0.628. The van der Waals surface area contributed by atoms with Crippen LogP contribution in [0.4, 0.5) is 4.39 Å². The van der Waals surface area contributed by atoms with Crippen LogP contribution < -0.4 is 0 Å². The molecule has 2 aromatic heterocycles. The number of benzene rings is 1. The van der Waals surface area contributed by atoms with Crippen molar-refractivity contribution in [3.05, 3.63) is 58.6 Å². The van der Waals surface area contributed by atoms with Crippen molar-refractivity contribution >= 4 is 21.6 Å². The number of fused-ring (bicyclic) bond motifs is 1. The Morgan fingerprint density at radius 3 is 2.56 bits per heavy atom. The Hall–Kier alpha value is -1.68. The second-order valence-electron chi connectivity index (χ2n) is 4.10. The molecule has 0 aliphatic rings. The van der Waals surface area contributed by atoms with Crippen LogP contribution in [0, 0.1) is 12.7 Å². The molecule has 18 heavy (non-hydrogen) atoms. The van der Waals surface area contributed by atoms with Gasteiger partial charge >= 0.3 is 0 Å². The Labute approximate surface area is 112 Å². The zero-order chi connectivity index (χ0) is 12.7. The van der Waals surface area contributed by atoms with Gasteiger partial charge in [0, 0.05) is 17.5 Å². The highest BCUT2D eigenvalue weighted by atomic mass is 79.9. The van der Waals surface area contributed by atoms with E-state index < -0.39 is 0 Å². The molecule has 0 spiro atoms. The molecule has 0 aliphatic carbocycles. The maximum Gasteiger partial charge on any atom is 0.152 e. The highest BCUT2D eigenvalue weighted by molar-refractivity contribution is 9.10. The molecule has 0 bridgehead atoms. The number of halogens is 2. The van der Waals surface area contributed by atoms with Crippen molar-refractivity contribution < 1.29 is 4.39 Å². The molecule has 0 amide bonds. The van der Waals surface area contributed by atoms with Gasteiger partial charge in [-0.3, -0.25) is 0 Å². The first kappa shape index (κ1) is 11.4. The summed E-state index contributed by atoms with van der Waals surface area (Å²) in [6.07, 6.45) is 1.97. The van der Waals surface area contributed by atoms with Crippen LogP contribution in [0.1, 0.15) is 5.69 Å². The fourth-order valence-corrected chi connectivity index (χ4v) is 2.47. The summed E-state index contributed by atoms with van der Waals surface area (Å²) in [5, 5.41) is 0. The van der Waals surface area contributed by atoms with Gasteiger partial charge in [0.15, 0.2) is 5.65 Å². The maximum atomic E-state index is 12.9. The van der Waals surface area contributed by atoms with E-state index in [0.29, 0.717) is 0 Å². The average Bonchev–Trinajstić information content (AvgIpc) is 2.70. The molecule has 2 heterocycles. The van der Waals surface area contributed by atoms with Crippen LogP contribution >= 0.6 is 15.9 Å². The number of aromatic nitrogens is 2. The lowest BCUT2D eigenvalue weighted by atomic mass is 10.1. The van der Waals surface area contributed by atoms with Crippen LogP contribution in [0.15, 0.2) is 47.1 Å². The van der Waals surface area contributed by atoms with Gasteiger partial charge in [-0.1, -0.05) is 0 Å². The highest BCUT2D eigenvalue weighted by Gasteiger charge is 2.11. The van der Waals surface area contributed by atoms with Crippen LogP contribution in [-0.4, -0.2) is 9.38 Å². The van der Waals surface area contributed by atoms with Gasteiger partial charge in [-0.25, -0.2) is 9.37 Å². The molecule has 0 atom stereocenters. The lowest BCUT2D eigenvalue weighted by Gasteiger charge is -1.99. The number of aryl methyl sites for hydroxylation is 1.